The van der Waals surface area contributed by atoms with Gasteiger partial charge in [-0.3, -0.25) is 19.7 Å². The third-order valence-electron chi connectivity index (χ3n) is 9.94. The maximum absolute atomic E-state index is 13.6. The summed E-state index contributed by atoms with van der Waals surface area (Å²) in [6, 6.07) is 4.11. The number of aromatic nitrogens is 3. The van der Waals surface area contributed by atoms with E-state index in [2.05, 4.69) is 39.5 Å². The molecule has 9 N–H and O–H groups in total. The molecule has 3 aromatic rings. The van der Waals surface area contributed by atoms with Crippen molar-refractivity contribution in [3.8, 4) is 16.9 Å². The monoisotopic (exact) mass is 847 g/mol. The van der Waals surface area contributed by atoms with Crippen molar-refractivity contribution in [2.45, 2.75) is 69.5 Å². The summed E-state index contributed by atoms with van der Waals surface area (Å²) in [6.45, 7) is 6.39. The molecule has 0 bridgehead atoms. The fourth-order valence-corrected chi connectivity index (χ4v) is 7.49. The van der Waals surface area contributed by atoms with Crippen molar-refractivity contribution in [3.05, 3.63) is 47.2 Å². The minimum Gasteiger partial charge on any atom is -0.485 e. The standard InChI is InChI=1S/C34H42N10O12S2/c1-33(2)27(29(48)44(33)56-58(51,52)53-17-45)41-28(47)26(23-16-57-31(36)40-23)42-55-34(3,30(49)50)25-7-5-20-8-19(4-6-24(20)54-25)21-12-38-32(39-13-22(46)9-35)43(15-21)14-18-10-37-11-18/h4,6,8,12,15-18,22,25,27,37,46H,5,7,9-11,13-14,35H2,1-3H3,(H4,36,40,41,47,49,50)/p+1/b42-26-/t22-,25-,27-,34+/m1/s1. The molecule has 0 radical (unpaired) electrons. The number of aliphatic carboxylic acids is 1. The van der Waals surface area contributed by atoms with Crippen LogP contribution in [0.25, 0.3) is 11.1 Å². The number of hydroxylamine groups is 2. The van der Waals surface area contributed by atoms with Crippen LogP contribution in [0.3, 0.4) is 0 Å². The average Bonchev–Trinajstić information content (AvgIpc) is 3.61. The SMILES string of the molecule is CC1(C)[C@H](NC(=O)/C(=N\O[C@](C)(C(=O)O)[C@H]2CCc3cc(-c4cnc(NC[C@H](O)CN)[n+](CC5CNC5)c4)ccc3O2)c2csc(N)n2)C(=O)N1OS(=O)(=O)OC=O. The first-order valence-electron chi connectivity index (χ1n) is 17.9. The highest BCUT2D eigenvalue weighted by molar-refractivity contribution is 7.82. The third kappa shape index (κ3) is 8.80. The lowest BCUT2D eigenvalue weighted by molar-refractivity contribution is -0.692. The number of amides is 2. The zero-order valence-corrected chi connectivity index (χ0v) is 33.1. The lowest BCUT2D eigenvalue weighted by Gasteiger charge is -2.50. The number of fused-ring (bicyclic) bond motifs is 1. The van der Waals surface area contributed by atoms with Gasteiger partial charge in [-0.25, -0.2) is 14.3 Å². The molecule has 1 aromatic carbocycles. The molecule has 3 aliphatic rings. The summed E-state index contributed by atoms with van der Waals surface area (Å²) < 4.78 is 40.3. The normalized spacial score (nSPS) is 20.6. The summed E-state index contributed by atoms with van der Waals surface area (Å²) in [5, 5.41) is 35.0. The number of rotatable bonds is 18. The lowest BCUT2D eigenvalue weighted by atomic mass is 9.84. The number of aryl methyl sites for hydroxylation is 1. The van der Waals surface area contributed by atoms with Crippen LogP contribution in [-0.4, -0.2) is 119 Å². The zero-order valence-electron chi connectivity index (χ0n) is 31.5. The Kier molecular flexibility index (Phi) is 12.2. The van der Waals surface area contributed by atoms with Crippen molar-refractivity contribution < 1.29 is 60.4 Å². The predicted octanol–water partition coefficient (Wildman–Crippen LogP) is -1.56. The predicted molar refractivity (Wildman–Crippen MR) is 203 cm³/mol. The maximum Gasteiger partial charge on any atom is 0.473 e. The molecular weight excluding hydrogens is 805 g/mol. The molecule has 2 saturated heterocycles. The molecule has 22 nitrogen and oxygen atoms in total. The van der Waals surface area contributed by atoms with E-state index >= 15 is 0 Å². The number of nitrogens with two attached hydrogens (primary N) is 2. The number of aliphatic hydroxyl groups is 1. The Balaban J connectivity index is 1.19. The zero-order chi connectivity index (χ0) is 42.0. The molecule has 4 atom stereocenters. The maximum atomic E-state index is 13.6. The second-order valence-electron chi connectivity index (χ2n) is 14.5. The van der Waals surface area contributed by atoms with E-state index in [0.717, 1.165) is 41.1 Å². The van der Waals surface area contributed by atoms with Crippen molar-refractivity contribution in [1.29, 1.82) is 0 Å². The number of carboxylic acids is 1. The number of hydrogen-bond donors (Lipinski definition) is 7. The summed E-state index contributed by atoms with van der Waals surface area (Å²) in [5.41, 5.74) is 9.57. The Morgan fingerprint density at radius 2 is 2.07 bits per heavy atom. The van der Waals surface area contributed by atoms with Gasteiger partial charge in [0.1, 0.15) is 23.7 Å². The number of carboxylic acid groups (broad SMARTS) is 1. The highest BCUT2D eigenvalue weighted by Gasteiger charge is 2.58. The molecular formula is C34H43N10O12S2+. The van der Waals surface area contributed by atoms with Gasteiger partial charge in [-0.05, 0) is 56.9 Å². The number of anilines is 2. The number of carbonyl (C=O) groups excluding carboxylic acids is 3. The van der Waals surface area contributed by atoms with Crippen LogP contribution in [-0.2, 0) is 55.8 Å². The van der Waals surface area contributed by atoms with E-state index < -0.39 is 69.8 Å². The summed E-state index contributed by atoms with van der Waals surface area (Å²) in [6.07, 6.45) is 2.45. The fraction of sp³-hybridized carbons (Fsp3) is 0.471. The van der Waals surface area contributed by atoms with Gasteiger partial charge >= 0.3 is 28.8 Å². The Hall–Kier alpha value is -5.53. The molecule has 3 aliphatic heterocycles. The van der Waals surface area contributed by atoms with Crippen molar-refractivity contribution in [2.75, 3.05) is 37.2 Å². The van der Waals surface area contributed by atoms with E-state index in [1.165, 1.54) is 26.2 Å². The molecule has 312 valence electrons. The van der Waals surface area contributed by atoms with Crippen molar-refractivity contribution in [1.82, 2.24) is 25.7 Å². The third-order valence-corrected chi connectivity index (χ3v) is 11.3. The van der Waals surface area contributed by atoms with Crippen LogP contribution in [0.1, 0.15) is 38.4 Å². The number of aliphatic hydroxyl groups excluding tert-OH is 1. The summed E-state index contributed by atoms with van der Waals surface area (Å²) in [4.78, 5) is 64.2. The van der Waals surface area contributed by atoms with Gasteiger partial charge < -0.3 is 46.1 Å². The van der Waals surface area contributed by atoms with Crippen molar-refractivity contribution >= 4 is 62.8 Å². The van der Waals surface area contributed by atoms with E-state index in [0.29, 0.717) is 35.6 Å². The minimum atomic E-state index is -4.92. The largest absolute Gasteiger partial charge is 0.485 e. The van der Waals surface area contributed by atoms with Crippen LogP contribution in [0.4, 0.5) is 11.1 Å². The topological polar surface area (TPSA) is 313 Å². The second kappa shape index (κ2) is 16.8. The highest BCUT2D eigenvalue weighted by atomic mass is 32.3. The first-order chi connectivity index (χ1) is 27.4. The van der Waals surface area contributed by atoms with Crippen molar-refractivity contribution in [3.63, 3.8) is 0 Å². The Bertz CT molecular complexity index is 2220. The summed E-state index contributed by atoms with van der Waals surface area (Å²) in [7, 11) is -4.92. The molecule has 24 heteroatoms. The van der Waals surface area contributed by atoms with Gasteiger partial charge in [0.2, 0.25) is 0 Å². The second-order valence-corrected chi connectivity index (χ2v) is 16.5. The van der Waals surface area contributed by atoms with E-state index in [4.69, 9.17) is 21.0 Å². The van der Waals surface area contributed by atoms with E-state index in [1.54, 1.807) is 12.3 Å². The van der Waals surface area contributed by atoms with Crippen molar-refractivity contribution in [2.24, 2.45) is 16.8 Å². The number of nitrogens with zero attached hydrogens (tertiary/aromatic N) is 5. The fourth-order valence-electron chi connectivity index (χ4n) is 6.37. The molecule has 5 heterocycles. The van der Waals surface area contributed by atoms with Gasteiger partial charge in [0, 0.05) is 36.5 Å². The number of carbonyl (C=O) groups is 4. The first kappa shape index (κ1) is 42.1. The van der Waals surface area contributed by atoms with Crippen LogP contribution in [0.15, 0.2) is 41.1 Å². The summed E-state index contributed by atoms with van der Waals surface area (Å²) >= 11 is 0.952. The molecule has 6 rings (SSSR count). The molecule has 2 fully saturated rings. The number of ether oxygens (including phenoxy) is 1. The Morgan fingerprint density at radius 3 is 2.69 bits per heavy atom. The van der Waals surface area contributed by atoms with Crippen LogP contribution in [0, 0.1) is 5.92 Å². The smallest absolute Gasteiger partial charge is 0.473 e. The number of nitrogens with one attached hydrogen (secondary N) is 3. The number of nitrogen functional groups attached to an aromatic ring is 1. The first-order valence-corrected chi connectivity index (χ1v) is 20.1. The highest BCUT2D eigenvalue weighted by Crippen LogP contribution is 2.37. The molecule has 0 aliphatic carbocycles. The molecule has 58 heavy (non-hydrogen) atoms. The number of oxime groups is 1. The summed E-state index contributed by atoms with van der Waals surface area (Å²) in [5.74, 6) is -2.09. The number of thiazole rings is 1. The Labute approximate surface area is 335 Å². The van der Waals surface area contributed by atoms with Crippen LogP contribution < -0.4 is 36.7 Å². The molecule has 0 saturated carbocycles. The molecule has 0 spiro atoms. The van der Waals surface area contributed by atoms with E-state index in [9.17, 15) is 37.8 Å². The molecule has 2 amide bonds. The van der Waals surface area contributed by atoms with Gasteiger partial charge in [-0.2, -0.15) is 13.5 Å². The van der Waals surface area contributed by atoms with Gasteiger partial charge in [-0.15, -0.1) is 15.6 Å². The van der Waals surface area contributed by atoms with E-state index in [1.807, 2.05) is 22.9 Å². The number of β-lactam (4-membered cyclic amide) rings is 1. The average molecular weight is 848 g/mol. The van der Waals surface area contributed by atoms with Gasteiger partial charge in [0.05, 0.1) is 30.9 Å². The quantitative estimate of drug-likeness (QED) is 0.0250. The van der Waals surface area contributed by atoms with Crippen LogP contribution in [0.2, 0.25) is 0 Å². The number of hydrogen-bond acceptors (Lipinski definition) is 19. The minimum absolute atomic E-state index is 0.0410. The van der Waals surface area contributed by atoms with Gasteiger partial charge in [0.25, 0.3) is 17.4 Å². The van der Waals surface area contributed by atoms with Crippen LogP contribution in [0.5, 0.6) is 5.75 Å². The molecule has 0 unspecified atom stereocenters. The molecule has 2 aromatic heterocycles. The van der Waals surface area contributed by atoms with Gasteiger partial charge in [-0.1, -0.05) is 16.2 Å². The lowest BCUT2D eigenvalue weighted by Crippen LogP contribution is -2.77. The van der Waals surface area contributed by atoms with Crippen LogP contribution >= 0.6 is 11.3 Å². The van der Waals surface area contributed by atoms with E-state index in [-0.39, 0.29) is 30.3 Å². The Morgan fingerprint density at radius 1 is 1.31 bits per heavy atom. The number of benzene rings is 1. The van der Waals surface area contributed by atoms with Gasteiger partial charge in [0.15, 0.2) is 16.9 Å².